The van der Waals surface area contributed by atoms with Gasteiger partial charge in [0.15, 0.2) is 0 Å². The van der Waals surface area contributed by atoms with Gasteiger partial charge in [0.05, 0.1) is 0 Å². The van der Waals surface area contributed by atoms with E-state index in [1.54, 1.807) is 12.2 Å². The molecule has 11 heavy (non-hydrogen) atoms. The fraction of sp³-hybridized carbons (Fsp3) is 0.200. The maximum Gasteiger partial charge on any atom is 0.0241 e. The maximum atomic E-state index is 5.22. The van der Waals surface area contributed by atoms with Crippen LogP contribution in [0.15, 0.2) is 49.2 Å². The second-order valence-electron chi connectivity index (χ2n) is 2.16. The molecule has 1 nitrogen and oxygen atoms in total. The van der Waals surface area contributed by atoms with Gasteiger partial charge < -0.3 is 5.73 Å². The van der Waals surface area contributed by atoms with E-state index in [0.717, 1.165) is 5.57 Å². The fourth-order valence-corrected chi connectivity index (χ4v) is 0.249. The van der Waals surface area contributed by atoms with E-state index in [1.165, 1.54) is 0 Å². The minimum absolute atomic E-state index is 0.563. The van der Waals surface area contributed by atoms with E-state index in [9.17, 15) is 0 Å². The second-order valence-corrected chi connectivity index (χ2v) is 2.16. The first kappa shape index (κ1) is 12.4. The van der Waals surface area contributed by atoms with Crippen LogP contribution in [0, 0.1) is 0 Å². The largest absolute Gasteiger partial charge is 0.399 e. The van der Waals surface area contributed by atoms with Crippen LogP contribution in [0.1, 0.15) is 13.8 Å². The Kier molecular flexibility index (Phi) is 9.90. The molecule has 0 aliphatic rings. The molecule has 0 rings (SSSR count). The van der Waals surface area contributed by atoms with Crippen molar-refractivity contribution in [1.29, 1.82) is 0 Å². The summed E-state index contributed by atoms with van der Waals surface area (Å²) >= 11 is 0. The van der Waals surface area contributed by atoms with Crippen molar-refractivity contribution in [2.45, 2.75) is 13.8 Å². The van der Waals surface area contributed by atoms with Gasteiger partial charge in [0.1, 0.15) is 0 Å². The van der Waals surface area contributed by atoms with Gasteiger partial charge in [-0.25, -0.2) is 0 Å². The molecule has 0 unspecified atom stereocenters. The molecule has 1 heteroatoms. The molecule has 62 valence electrons. The quantitative estimate of drug-likeness (QED) is 0.476. The van der Waals surface area contributed by atoms with E-state index < -0.39 is 0 Å². The molecular weight excluding hydrogens is 134 g/mol. The van der Waals surface area contributed by atoms with E-state index >= 15 is 0 Å². The number of hydrogen-bond donors (Lipinski definition) is 1. The van der Waals surface area contributed by atoms with Crippen LogP contribution in [0.25, 0.3) is 0 Å². The lowest BCUT2D eigenvalue weighted by Gasteiger charge is -1.84. The standard InChI is InChI=1S/C7H11N.C3H6/c1-6(2)4-5-7(3)8;1-3-2/h4-5H,1,3,8H2,2H3;3H,1H2,2H3/b5-4-;. The van der Waals surface area contributed by atoms with Crippen molar-refractivity contribution in [2.24, 2.45) is 5.73 Å². The number of hydrogen-bond acceptors (Lipinski definition) is 1. The number of allylic oxidation sites excluding steroid dienone is 4. The summed E-state index contributed by atoms with van der Waals surface area (Å²) in [4.78, 5) is 0. The molecule has 0 heterocycles. The number of rotatable bonds is 2. The van der Waals surface area contributed by atoms with Gasteiger partial charge in [-0.2, -0.15) is 0 Å². The van der Waals surface area contributed by atoms with Crippen molar-refractivity contribution in [3.8, 4) is 0 Å². The van der Waals surface area contributed by atoms with Gasteiger partial charge in [-0.15, -0.1) is 6.58 Å². The van der Waals surface area contributed by atoms with E-state index in [4.69, 9.17) is 5.73 Å². The Balaban J connectivity index is 0. The second kappa shape index (κ2) is 8.76. The molecule has 0 fully saturated rings. The van der Waals surface area contributed by atoms with Crippen LogP contribution < -0.4 is 5.73 Å². The fourth-order valence-electron chi connectivity index (χ4n) is 0.249. The third-order valence-electron chi connectivity index (χ3n) is 0.582. The lowest BCUT2D eigenvalue weighted by molar-refractivity contribution is 1.43. The molecule has 0 aromatic rings. The predicted molar refractivity (Wildman–Crippen MR) is 53.2 cm³/mol. The molecule has 0 amide bonds. The molecule has 0 spiro atoms. The highest BCUT2D eigenvalue weighted by molar-refractivity contribution is 5.20. The van der Waals surface area contributed by atoms with Crippen LogP contribution in [-0.4, -0.2) is 0 Å². The molecule has 0 bridgehead atoms. The molecule has 0 aromatic carbocycles. The van der Waals surface area contributed by atoms with E-state index in [2.05, 4.69) is 19.7 Å². The zero-order chi connectivity index (χ0) is 9.28. The monoisotopic (exact) mass is 151 g/mol. The van der Waals surface area contributed by atoms with E-state index in [-0.39, 0.29) is 0 Å². The first-order valence-corrected chi connectivity index (χ1v) is 3.39. The van der Waals surface area contributed by atoms with Gasteiger partial charge in [-0.1, -0.05) is 30.9 Å². The highest BCUT2D eigenvalue weighted by atomic mass is 14.5. The van der Waals surface area contributed by atoms with E-state index in [1.807, 2.05) is 19.9 Å². The van der Waals surface area contributed by atoms with Crippen molar-refractivity contribution in [2.75, 3.05) is 0 Å². The van der Waals surface area contributed by atoms with Crippen LogP contribution >= 0.6 is 0 Å². The maximum absolute atomic E-state index is 5.22. The van der Waals surface area contributed by atoms with Gasteiger partial charge >= 0.3 is 0 Å². The van der Waals surface area contributed by atoms with E-state index in [0.29, 0.717) is 5.70 Å². The van der Waals surface area contributed by atoms with Crippen LogP contribution in [-0.2, 0) is 0 Å². The zero-order valence-electron chi connectivity index (χ0n) is 7.43. The average Bonchev–Trinajstić information content (AvgIpc) is 1.85. The highest BCUT2D eigenvalue weighted by Gasteiger charge is 1.72. The molecule has 0 aliphatic heterocycles. The normalized spacial score (nSPS) is 8.18. The summed E-state index contributed by atoms with van der Waals surface area (Å²) in [6.45, 7) is 14.3. The Morgan fingerprint density at radius 3 is 1.73 bits per heavy atom. The van der Waals surface area contributed by atoms with Crippen molar-refractivity contribution in [3.05, 3.63) is 49.2 Å². The van der Waals surface area contributed by atoms with Gasteiger partial charge in [-0.05, 0) is 19.9 Å². The van der Waals surface area contributed by atoms with Gasteiger partial charge in [-0.3, -0.25) is 0 Å². The Morgan fingerprint density at radius 2 is 1.64 bits per heavy atom. The summed E-state index contributed by atoms with van der Waals surface area (Å²) in [5, 5.41) is 0. The van der Waals surface area contributed by atoms with Gasteiger partial charge in [0.25, 0.3) is 0 Å². The Hall–Kier alpha value is -1.24. The van der Waals surface area contributed by atoms with Gasteiger partial charge in [0, 0.05) is 5.70 Å². The topological polar surface area (TPSA) is 26.0 Å². The van der Waals surface area contributed by atoms with Crippen LogP contribution in [0.4, 0.5) is 0 Å². The Bertz CT molecular complexity index is 148. The van der Waals surface area contributed by atoms with Crippen molar-refractivity contribution in [3.63, 3.8) is 0 Å². The Labute approximate surface area is 69.6 Å². The third kappa shape index (κ3) is 28.3. The first-order chi connectivity index (χ1) is 5.04. The zero-order valence-corrected chi connectivity index (χ0v) is 7.43. The third-order valence-corrected chi connectivity index (χ3v) is 0.582. The van der Waals surface area contributed by atoms with Crippen LogP contribution in [0.5, 0.6) is 0 Å². The Morgan fingerprint density at radius 1 is 1.27 bits per heavy atom. The predicted octanol–water partition coefficient (Wildman–Crippen LogP) is 2.78. The molecule has 0 atom stereocenters. The lowest BCUT2D eigenvalue weighted by atomic mass is 10.3. The summed E-state index contributed by atoms with van der Waals surface area (Å²) < 4.78 is 0. The lowest BCUT2D eigenvalue weighted by Crippen LogP contribution is -1.87. The SMILES string of the molecule is C=C(C)/C=C\C(=C)N.C=CC. The molecular formula is C10H17N. The first-order valence-electron chi connectivity index (χ1n) is 3.39. The smallest absolute Gasteiger partial charge is 0.0241 e. The summed E-state index contributed by atoms with van der Waals surface area (Å²) in [6, 6.07) is 0. The summed E-state index contributed by atoms with van der Waals surface area (Å²) in [7, 11) is 0. The number of nitrogens with two attached hydrogens (primary N) is 1. The molecule has 0 aliphatic carbocycles. The molecule has 0 aromatic heterocycles. The van der Waals surface area contributed by atoms with Crippen molar-refractivity contribution >= 4 is 0 Å². The average molecular weight is 151 g/mol. The molecule has 0 saturated heterocycles. The molecule has 0 radical (unpaired) electrons. The molecule has 2 N–H and O–H groups in total. The van der Waals surface area contributed by atoms with Crippen molar-refractivity contribution in [1.82, 2.24) is 0 Å². The summed E-state index contributed by atoms with van der Waals surface area (Å²) in [5.41, 5.74) is 6.76. The minimum atomic E-state index is 0.563. The van der Waals surface area contributed by atoms with Crippen LogP contribution in [0.3, 0.4) is 0 Å². The summed E-state index contributed by atoms with van der Waals surface area (Å²) in [5.74, 6) is 0. The summed E-state index contributed by atoms with van der Waals surface area (Å²) in [6.07, 6.45) is 5.30. The van der Waals surface area contributed by atoms with Crippen molar-refractivity contribution < 1.29 is 0 Å². The van der Waals surface area contributed by atoms with Crippen LogP contribution in [0.2, 0.25) is 0 Å². The molecule has 0 saturated carbocycles. The minimum Gasteiger partial charge on any atom is -0.399 e. The van der Waals surface area contributed by atoms with Gasteiger partial charge in [0.2, 0.25) is 0 Å². The highest BCUT2D eigenvalue weighted by Crippen LogP contribution is 1.90.